The molecule has 3 heterocycles. The Balaban J connectivity index is 1.54. The molecule has 4 aromatic rings. The monoisotopic (exact) mass is 627 g/mol. The second-order valence-electron chi connectivity index (χ2n) is 10.3. The summed E-state index contributed by atoms with van der Waals surface area (Å²) in [5.41, 5.74) is 4.56. The maximum Gasteiger partial charge on any atom is 0.421 e. The smallest absolute Gasteiger partial charge is 0.421 e. The van der Waals surface area contributed by atoms with E-state index in [1.54, 1.807) is 26.4 Å². The molecule has 0 aliphatic heterocycles. The molecule has 3 aromatic heterocycles. The number of hydrogen-bond acceptors (Lipinski definition) is 8. The third kappa shape index (κ3) is 6.31. The van der Waals surface area contributed by atoms with Crippen LogP contribution in [0.2, 0.25) is 5.02 Å². The average Bonchev–Trinajstić information content (AvgIpc) is 3.01. The van der Waals surface area contributed by atoms with E-state index in [-0.39, 0.29) is 18.0 Å². The van der Waals surface area contributed by atoms with Crippen molar-refractivity contribution >= 4 is 11.6 Å². The highest BCUT2D eigenvalue weighted by molar-refractivity contribution is 6.35. The minimum atomic E-state index is -4.67. The number of alkyl halides is 3. The maximum atomic E-state index is 14.2. The molecule has 0 spiro atoms. The van der Waals surface area contributed by atoms with E-state index in [1.807, 2.05) is 37.4 Å². The fourth-order valence-corrected chi connectivity index (χ4v) is 5.85. The molecule has 1 aliphatic carbocycles. The van der Waals surface area contributed by atoms with E-state index in [0.29, 0.717) is 53.7 Å². The fourth-order valence-electron chi connectivity index (χ4n) is 5.54. The zero-order valence-electron chi connectivity index (χ0n) is 24.8. The van der Waals surface area contributed by atoms with Gasteiger partial charge in [0, 0.05) is 41.5 Å². The number of nitrogens with one attached hydrogen (secondary N) is 2. The number of hydrogen-bond donors (Lipinski definition) is 2. The Morgan fingerprint density at radius 1 is 0.909 bits per heavy atom. The van der Waals surface area contributed by atoms with Gasteiger partial charge in [-0.25, -0.2) is 4.98 Å². The molecule has 0 amide bonds. The molecule has 2 N–H and O–H groups in total. The predicted molar refractivity (Wildman–Crippen MR) is 162 cm³/mol. The summed E-state index contributed by atoms with van der Waals surface area (Å²) >= 11 is 6.99. The van der Waals surface area contributed by atoms with Crippen LogP contribution in [0.1, 0.15) is 46.8 Å². The summed E-state index contributed by atoms with van der Waals surface area (Å²) in [6, 6.07) is 12.3. The maximum absolute atomic E-state index is 14.2. The molecule has 0 fully saturated rings. The summed E-state index contributed by atoms with van der Waals surface area (Å²) in [5, 5.41) is 6.35. The van der Waals surface area contributed by atoms with Crippen LogP contribution in [-0.4, -0.2) is 43.3 Å². The number of halogens is 4. The van der Waals surface area contributed by atoms with Gasteiger partial charge in [-0.2, -0.15) is 18.2 Å². The number of rotatable bonds is 10. The van der Waals surface area contributed by atoms with E-state index in [9.17, 15) is 13.2 Å². The highest BCUT2D eigenvalue weighted by Crippen LogP contribution is 2.44. The second-order valence-corrected chi connectivity index (χ2v) is 10.7. The van der Waals surface area contributed by atoms with Crippen LogP contribution in [0.15, 0.2) is 48.7 Å². The zero-order chi connectivity index (χ0) is 31.4. The molecule has 1 aliphatic rings. The lowest BCUT2D eigenvalue weighted by atomic mass is 9.85. The van der Waals surface area contributed by atoms with Gasteiger partial charge in [-0.05, 0) is 62.7 Å². The average molecular weight is 628 g/mol. The summed E-state index contributed by atoms with van der Waals surface area (Å²) in [5.74, 6) is 0.0485. The first-order valence-corrected chi connectivity index (χ1v) is 14.5. The number of fused-ring (bicyclic) bond motifs is 1. The van der Waals surface area contributed by atoms with E-state index in [4.69, 9.17) is 25.8 Å². The Kier molecular flexibility index (Phi) is 9.57. The van der Waals surface area contributed by atoms with Crippen molar-refractivity contribution in [1.29, 1.82) is 0 Å². The van der Waals surface area contributed by atoms with Crippen molar-refractivity contribution in [1.82, 2.24) is 25.6 Å². The summed E-state index contributed by atoms with van der Waals surface area (Å²) in [6.45, 7) is 0.752. The molecule has 0 radical (unpaired) electrons. The van der Waals surface area contributed by atoms with Crippen LogP contribution in [0.4, 0.5) is 13.2 Å². The van der Waals surface area contributed by atoms with Crippen LogP contribution in [0, 0.1) is 0 Å². The van der Waals surface area contributed by atoms with Gasteiger partial charge in [0.2, 0.25) is 17.6 Å². The summed E-state index contributed by atoms with van der Waals surface area (Å²) in [6.07, 6.45) is -1.78. The molecule has 1 aromatic carbocycles. The first-order chi connectivity index (χ1) is 21.2. The lowest BCUT2D eigenvalue weighted by Crippen LogP contribution is -2.20. The standard InChI is InChI=1S/C32H33ClF3N5O3/c1-37-16-18-11-12-25(40-29(18)42-3)23-13-14-39-28(27(23)33)22-9-5-8-21-20(22)7-6-10-26(21)44-31-24(32(34,35)36)15-19(17-38-2)30(41-31)43-4/h5,8-9,11-15,26,37-38H,6-7,10,16-17H2,1-4H3/t26-/m0/s1. The van der Waals surface area contributed by atoms with Gasteiger partial charge in [0.05, 0.1) is 30.6 Å². The van der Waals surface area contributed by atoms with Crippen molar-refractivity contribution in [3.8, 4) is 40.2 Å². The molecule has 44 heavy (non-hydrogen) atoms. The van der Waals surface area contributed by atoms with Gasteiger partial charge in [-0.3, -0.25) is 4.98 Å². The van der Waals surface area contributed by atoms with E-state index in [0.717, 1.165) is 28.3 Å². The normalized spacial score (nSPS) is 14.7. The number of methoxy groups -OCH3 is 2. The van der Waals surface area contributed by atoms with Gasteiger partial charge in [-0.1, -0.05) is 35.9 Å². The first-order valence-electron chi connectivity index (χ1n) is 14.1. The number of aromatic nitrogens is 3. The third-order valence-corrected chi connectivity index (χ3v) is 7.90. The molecular formula is C32H33ClF3N5O3. The van der Waals surface area contributed by atoms with Crippen molar-refractivity contribution in [2.45, 2.75) is 44.6 Å². The SMILES string of the molecule is CNCc1ccc(-c2ccnc(-c3cccc4c3CCC[C@@H]4Oc3nc(OC)c(CNC)cc3C(F)(F)F)c2Cl)nc1OC. The molecule has 5 rings (SSSR count). The molecule has 1 atom stereocenters. The molecule has 232 valence electrons. The van der Waals surface area contributed by atoms with Gasteiger partial charge in [-0.15, -0.1) is 0 Å². The second kappa shape index (κ2) is 13.4. The summed E-state index contributed by atoms with van der Waals surface area (Å²) < 4.78 is 59.3. The van der Waals surface area contributed by atoms with Gasteiger partial charge in [0.25, 0.3) is 0 Å². The van der Waals surface area contributed by atoms with Gasteiger partial charge < -0.3 is 24.8 Å². The van der Waals surface area contributed by atoms with E-state index < -0.39 is 23.7 Å². The number of benzene rings is 1. The molecule has 0 bridgehead atoms. The number of pyridine rings is 3. The van der Waals surface area contributed by atoms with Crippen molar-refractivity contribution in [3.05, 3.63) is 81.5 Å². The highest BCUT2D eigenvalue weighted by atomic mass is 35.5. The minimum absolute atomic E-state index is 0.0733. The topological polar surface area (TPSA) is 90.4 Å². The largest absolute Gasteiger partial charge is 0.481 e. The first kappa shape index (κ1) is 31.5. The summed E-state index contributed by atoms with van der Waals surface area (Å²) in [7, 11) is 6.42. The Morgan fingerprint density at radius 2 is 1.64 bits per heavy atom. The third-order valence-electron chi connectivity index (χ3n) is 7.52. The Labute approximate surface area is 259 Å². The van der Waals surface area contributed by atoms with E-state index in [2.05, 4.69) is 25.6 Å². The molecular weight excluding hydrogens is 595 g/mol. The van der Waals surface area contributed by atoms with E-state index >= 15 is 0 Å². The van der Waals surface area contributed by atoms with Crippen molar-refractivity contribution in [2.75, 3.05) is 28.3 Å². The van der Waals surface area contributed by atoms with Gasteiger partial charge in [0.1, 0.15) is 11.7 Å². The molecule has 12 heteroatoms. The number of nitrogens with zero attached hydrogens (tertiary/aromatic N) is 3. The van der Waals surface area contributed by atoms with Crippen molar-refractivity contribution < 1.29 is 27.4 Å². The van der Waals surface area contributed by atoms with Crippen LogP contribution < -0.4 is 24.8 Å². The number of ether oxygens (including phenoxy) is 3. The quantitative estimate of drug-likeness (QED) is 0.199. The van der Waals surface area contributed by atoms with Crippen LogP contribution in [0.3, 0.4) is 0 Å². The zero-order valence-corrected chi connectivity index (χ0v) is 25.6. The molecule has 0 saturated heterocycles. The highest BCUT2D eigenvalue weighted by Gasteiger charge is 2.38. The molecule has 0 unspecified atom stereocenters. The summed E-state index contributed by atoms with van der Waals surface area (Å²) in [4.78, 5) is 13.4. The van der Waals surface area contributed by atoms with Crippen LogP contribution in [0.5, 0.6) is 17.6 Å². The van der Waals surface area contributed by atoms with Crippen LogP contribution in [-0.2, 0) is 25.7 Å². The van der Waals surface area contributed by atoms with Crippen molar-refractivity contribution in [2.24, 2.45) is 0 Å². The van der Waals surface area contributed by atoms with Crippen LogP contribution in [0.25, 0.3) is 22.5 Å². The Hall–Kier alpha value is -3.93. The Bertz CT molecular complexity index is 1650. The van der Waals surface area contributed by atoms with Crippen LogP contribution >= 0.6 is 11.6 Å². The van der Waals surface area contributed by atoms with Gasteiger partial charge in [0.15, 0.2) is 0 Å². The molecule has 0 saturated carbocycles. The predicted octanol–water partition coefficient (Wildman–Crippen LogP) is 6.79. The lowest BCUT2D eigenvalue weighted by Gasteiger charge is -2.29. The van der Waals surface area contributed by atoms with E-state index in [1.165, 1.54) is 7.11 Å². The van der Waals surface area contributed by atoms with Gasteiger partial charge >= 0.3 is 6.18 Å². The Morgan fingerprint density at radius 3 is 2.34 bits per heavy atom. The minimum Gasteiger partial charge on any atom is -0.481 e. The fraction of sp³-hybridized carbons (Fsp3) is 0.344. The lowest BCUT2D eigenvalue weighted by molar-refractivity contribution is -0.139. The molecule has 8 nitrogen and oxygen atoms in total. The van der Waals surface area contributed by atoms with Crippen molar-refractivity contribution in [3.63, 3.8) is 0 Å².